The number of rotatable bonds is 10. The summed E-state index contributed by atoms with van der Waals surface area (Å²) in [6.07, 6.45) is -4.70. The monoisotopic (exact) mass is 629 g/mol. The Morgan fingerprint density at radius 1 is 0.976 bits per heavy atom. The number of hydrogen-bond donors (Lipinski definition) is 1. The lowest BCUT2D eigenvalue weighted by Crippen LogP contribution is -2.51. The van der Waals surface area contributed by atoms with Crippen molar-refractivity contribution in [3.05, 3.63) is 93.5 Å². The van der Waals surface area contributed by atoms with E-state index in [1.807, 2.05) is 0 Å². The van der Waals surface area contributed by atoms with Gasteiger partial charge in [0.25, 0.3) is 10.0 Å². The summed E-state index contributed by atoms with van der Waals surface area (Å²) in [5, 5.41) is 2.32. The molecule has 0 aliphatic heterocycles. The second-order valence-electron chi connectivity index (χ2n) is 9.17. The van der Waals surface area contributed by atoms with E-state index in [1.165, 1.54) is 36.2 Å². The van der Waals surface area contributed by atoms with Gasteiger partial charge in [0.05, 0.1) is 21.2 Å². The molecule has 0 saturated heterocycles. The predicted molar refractivity (Wildman–Crippen MR) is 152 cm³/mol. The Balaban J connectivity index is 2.14. The van der Waals surface area contributed by atoms with Crippen LogP contribution < -0.4 is 9.62 Å². The summed E-state index contributed by atoms with van der Waals surface area (Å²) in [7, 11) is -3.15. The lowest BCUT2D eigenvalue weighted by molar-refractivity contribution is -0.140. The standard InChI is InChI=1S/C28H28Cl2F3N3O4S/c1-4-25(27(38)34-3)35(16-19-7-9-20(29)10-8-19)26(37)17-36(41(39,40)22-12-5-18(2)6-13-22)21-11-14-24(30)23(15-21)28(31,32)33/h5-15,25H,4,16-17H2,1-3H3,(H,34,38)/t25-/m0/s1. The molecule has 0 aliphatic rings. The van der Waals surface area contributed by atoms with Crippen molar-refractivity contribution in [2.24, 2.45) is 0 Å². The SMILES string of the molecule is CC[C@@H](C(=O)NC)N(Cc1ccc(Cl)cc1)C(=O)CN(c1ccc(Cl)c(C(F)(F)F)c1)S(=O)(=O)c1ccc(C)cc1. The van der Waals surface area contributed by atoms with Crippen LogP contribution in [-0.2, 0) is 32.3 Å². The first-order valence-electron chi connectivity index (χ1n) is 12.4. The minimum absolute atomic E-state index is 0.0885. The van der Waals surface area contributed by atoms with Crippen molar-refractivity contribution in [1.29, 1.82) is 0 Å². The summed E-state index contributed by atoms with van der Waals surface area (Å²) >= 11 is 11.8. The minimum atomic E-state index is -4.89. The minimum Gasteiger partial charge on any atom is -0.357 e. The van der Waals surface area contributed by atoms with Gasteiger partial charge < -0.3 is 10.2 Å². The Morgan fingerprint density at radius 3 is 2.12 bits per heavy atom. The summed E-state index contributed by atoms with van der Waals surface area (Å²) in [6.45, 7) is 2.44. The Labute approximate surface area is 246 Å². The summed E-state index contributed by atoms with van der Waals surface area (Å²) in [6, 6.07) is 13.8. The van der Waals surface area contributed by atoms with Crippen molar-refractivity contribution >= 4 is 50.7 Å². The summed E-state index contributed by atoms with van der Waals surface area (Å²) < 4.78 is 69.4. The zero-order valence-electron chi connectivity index (χ0n) is 22.4. The van der Waals surface area contributed by atoms with Gasteiger partial charge in [-0.05, 0) is 61.4 Å². The van der Waals surface area contributed by atoms with Crippen LogP contribution in [0, 0.1) is 6.92 Å². The smallest absolute Gasteiger partial charge is 0.357 e. The molecule has 0 heterocycles. The highest BCUT2D eigenvalue weighted by Crippen LogP contribution is 2.38. The van der Waals surface area contributed by atoms with Gasteiger partial charge in [-0.25, -0.2) is 8.42 Å². The quantitative estimate of drug-likeness (QED) is 0.295. The van der Waals surface area contributed by atoms with E-state index in [0.29, 0.717) is 21.0 Å². The molecule has 13 heteroatoms. The first-order chi connectivity index (χ1) is 19.2. The van der Waals surface area contributed by atoms with E-state index in [9.17, 15) is 31.2 Å². The molecule has 2 amide bonds. The van der Waals surface area contributed by atoms with E-state index in [2.05, 4.69) is 5.32 Å². The van der Waals surface area contributed by atoms with Gasteiger partial charge in [-0.3, -0.25) is 13.9 Å². The second-order valence-corrected chi connectivity index (χ2v) is 11.9. The van der Waals surface area contributed by atoms with Crippen LogP contribution in [-0.4, -0.2) is 44.8 Å². The number of halogens is 5. The Hall–Kier alpha value is -3.28. The number of benzene rings is 3. The van der Waals surface area contributed by atoms with Gasteiger partial charge in [-0.2, -0.15) is 13.2 Å². The highest BCUT2D eigenvalue weighted by atomic mass is 35.5. The number of nitrogens with zero attached hydrogens (tertiary/aromatic N) is 2. The van der Waals surface area contributed by atoms with Gasteiger partial charge in [0.1, 0.15) is 12.6 Å². The molecule has 0 aromatic heterocycles. The van der Waals surface area contributed by atoms with Gasteiger partial charge in [0.15, 0.2) is 0 Å². The third kappa shape index (κ3) is 7.72. The molecule has 1 N–H and O–H groups in total. The fourth-order valence-electron chi connectivity index (χ4n) is 4.12. The average Bonchev–Trinajstić information content (AvgIpc) is 2.92. The third-order valence-electron chi connectivity index (χ3n) is 6.33. The molecule has 0 spiro atoms. The van der Waals surface area contributed by atoms with Crippen molar-refractivity contribution in [2.45, 2.75) is 43.9 Å². The van der Waals surface area contributed by atoms with Crippen molar-refractivity contribution < 1.29 is 31.2 Å². The van der Waals surface area contributed by atoms with E-state index in [4.69, 9.17) is 23.2 Å². The molecule has 0 saturated carbocycles. The van der Waals surface area contributed by atoms with E-state index < -0.39 is 56.9 Å². The Bertz CT molecular complexity index is 1500. The highest BCUT2D eigenvalue weighted by molar-refractivity contribution is 7.92. The fraction of sp³-hybridized carbons (Fsp3) is 0.286. The van der Waals surface area contributed by atoms with Gasteiger partial charge in [-0.15, -0.1) is 0 Å². The van der Waals surface area contributed by atoms with Crippen LogP contribution in [0.3, 0.4) is 0 Å². The molecule has 0 aliphatic carbocycles. The lowest BCUT2D eigenvalue weighted by Gasteiger charge is -2.33. The van der Waals surface area contributed by atoms with Crippen LogP contribution >= 0.6 is 23.2 Å². The number of carbonyl (C=O) groups excluding carboxylic acids is 2. The lowest BCUT2D eigenvalue weighted by atomic mass is 10.1. The number of amides is 2. The number of sulfonamides is 1. The van der Waals surface area contributed by atoms with Crippen LogP contribution in [0.2, 0.25) is 10.0 Å². The molecule has 0 bridgehead atoms. The normalized spacial score (nSPS) is 12.5. The maximum absolute atomic E-state index is 13.9. The van der Waals surface area contributed by atoms with E-state index in [1.54, 1.807) is 38.1 Å². The van der Waals surface area contributed by atoms with Gasteiger partial charge >= 0.3 is 6.18 Å². The zero-order chi connectivity index (χ0) is 30.5. The Morgan fingerprint density at radius 2 is 1.59 bits per heavy atom. The number of aryl methyl sites for hydroxylation is 1. The van der Waals surface area contributed by atoms with Crippen LogP contribution in [0.4, 0.5) is 18.9 Å². The molecule has 0 unspecified atom stereocenters. The maximum Gasteiger partial charge on any atom is 0.417 e. The fourth-order valence-corrected chi connectivity index (χ4v) is 5.88. The zero-order valence-corrected chi connectivity index (χ0v) is 24.7. The topological polar surface area (TPSA) is 86.8 Å². The van der Waals surface area contributed by atoms with Crippen molar-refractivity contribution in [1.82, 2.24) is 10.2 Å². The molecule has 41 heavy (non-hydrogen) atoms. The number of hydrogen-bond acceptors (Lipinski definition) is 4. The van der Waals surface area contributed by atoms with Crippen LogP contribution in [0.1, 0.15) is 30.0 Å². The maximum atomic E-state index is 13.9. The first-order valence-corrected chi connectivity index (χ1v) is 14.6. The molecule has 3 rings (SSSR count). The molecule has 0 radical (unpaired) electrons. The molecule has 3 aromatic carbocycles. The summed E-state index contributed by atoms with van der Waals surface area (Å²) in [5.74, 6) is -1.30. The van der Waals surface area contributed by atoms with Crippen molar-refractivity contribution in [3.8, 4) is 0 Å². The van der Waals surface area contributed by atoms with Gasteiger partial charge in [0, 0.05) is 18.6 Å². The number of anilines is 1. The molecule has 0 fully saturated rings. The van der Waals surface area contributed by atoms with Gasteiger partial charge in [0.2, 0.25) is 11.8 Å². The molecular formula is C28H28Cl2F3N3O4S. The second kappa shape index (κ2) is 13.1. The Kier molecular flexibility index (Phi) is 10.3. The van der Waals surface area contributed by atoms with Crippen LogP contribution in [0.15, 0.2) is 71.6 Å². The molecule has 7 nitrogen and oxygen atoms in total. The van der Waals surface area contributed by atoms with E-state index >= 15 is 0 Å². The van der Waals surface area contributed by atoms with Crippen LogP contribution in [0.5, 0.6) is 0 Å². The third-order valence-corrected chi connectivity index (χ3v) is 8.70. The predicted octanol–water partition coefficient (Wildman–Crippen LogP) is 6.07. The van der Waals surface area contributed by atoms with Crippen molar-refractivity contribution in [2.75, 3.05) is 17.9 Å². The largest absolute Gasteiger partial charge is 0.417 e. The first kappa shape index (κ1) is 32.2. The summed E-state index contributed by atoms with van der Waals surface area (Å²) in [4.78, 5) is 27.6. The number of alkyl halides is 3. The van der Waals surface area contributed by atoms with E-state index in [0.717, 1.165) is 17.7 Å². The van der Waals surface area contributed by atoms with Crippen molar-refractivity contribution in [3.63, 3.8) is 0 Å². The molecular weight excluding hydrogens is 602 g/mol. The average molecular weight is 631 g/mol. The van der Waals surface area contributed by atoms with Gasteiger partial charge in [-0.1, -0.05) is 60.0 Å². The number of likely N-dealkylation sites (N-methyl/N-ethyl adjacent to an activating group) is 1. The highest BCUT2D eigenvalue weighted by Gasteiger charge is 2.37. The number of nitrogens with one attached hydrogen (secondary N) is 1. The number of carbonyl (C=O) groups is 2. The van der Waals surface area contributed by atoms with Crippen LogP contribution in [0.25, 0.3) is 0 Å². The molecule has 1 atom stereocenters. The van der Waals surface area contributed by atoms with E-state index in [-0.39, 0.29) is 17.9 Å². The molecule has 220 valence electrons. The molecule has 3 aromatic rings. The summed E-state index contributed by atoms with van der Waals surface area (Å²) in [5.41, 5.74) is -0.329.